The maximum Gasteiger partial charge on any atom is 0.323 e. The van der Waals surface area contributed by atoms with Crippen LogP contribution in [0.5, 0.6) is 5.75 Å². The summed E-state index contributed by atoms with van der Waals surface area (Å²) < 4.78 is 14.1. The van der Waals surface area contributed by atoms with E-state index < -0.39 is 0 Å². The standard InChI is InChI=1S/C35H37N7O4/c1-39-13-15-41(16-14-39)25-6-3-23(4-7-25)37-35(44)38-24-5-10-30-28(18-24)33(43)31(46-30)17-22-19-40(2)34-32(22)29(11-12-36-34)42-20-26-8-9-27(21-42)45-26/h3-7,10-12,17-19,26-27H,8-9,13-16,20-21H2,1-2H3,(H2,37,38,44)/b31-17-. The Morgan fingerprint density at radius 3 is 2.39 bits per heavy atom. The van der Waals surface area contributed by atoms with Crippen molar-refractivity contribution in [3.05, 3.63) is 77.8 Å². The third-order valence-electron chi connectivity index (χ3n) is 9.45. The largest absolute Gasteiger partial charge is 0.452 e. The van der Waals surface area contributed by atoms with E-state index in [9.17, 15) is 9.59 Å². The molecule has 46 heavy (non-hydrogen) atoms. The summed E-state index contributed by atoms with van der Waals surface area (Å²) in [6.07, 6.45) is 8.30. The fraction of sp³-hybridized carbons (Fsp3) is 0.343. The number of anilines is 4. The van der Waals surface area contributed by atoms with Crippen LogP contribution in [-0.2, 0) is 11.8 Å². The van der Waals surface area contributed by atoms with Crippen LogP contribution in [0.15, 0.2) is 66.7 Å². The lowest BCUT2D eigenvalue weighted by molar-refractivity contribution is 0.0306. The number of morpholine rings is 1. The van der Waals surface area contributed by atoms with Crippen LogP contribution < -0.4 is 25.2 Å². The molecule has 2 atom stereocenters. The third-order valence-corrected chi connectivity index (χ3v) is 9.45. The van der Waals surface area contributed by atoms with Crippen LogP contribution in [0.2, 0.25) is 0 Å². The van der Waals surface area contributed by atoms with E-state index in [1.165, 1.54) is 0 Å². The molecule has 236 valence electrons. The highest BCUT2D eigenvalue weighted by Gasteiger charge is 2.35. The molecule has 3 fully saturated rings. The normalized spacial score (nSPS) is 22.0. The zero-order valence-corrected chi connectivity index (χ0v) is 26.0. The topological polar surface area (TPSA) is 104 Å². The molecule has 6 heterocycles. The lowest BCUT2D eigenvalue weighted by atomic mass is 10.1. The number of amides is 2. The van der Waals surface area contributed by atoms with Crippen LogP contribution in [0.1, 0.15) is 28.8 Å². The minimum absolute atomic E-state index is 0.231. The van der Waals surface area contributed by atoms with Crippen molar-refractivity contribution in [2.45, 2.75) is 25.0 Å². The first-order chi connectivity index (χ1) is 22.4. The second-order valence-corrected chi connectivity index (χ2v) is 12.7. The van der Waals surface area contributed by atoms with E-state index in [0.717, 1.165) is 80.1 Å². The molecule has 11 heteroatoms. The highest BCUT2D eigenvalue weighted by atomic mass is 16.5. The molecular weight excluding hydrogens is 582 g/mol. The molecular formula is C35H37N7O4. The quantitative estimate of drug-likeness (QED) is 0.303. The van der Waals surface area contributed by atoms with Gasteiger partial charge in [-0.25, -0.2) is 9.78 Å². The number of pyridine rings is 1. The first-order valence-electron chi connectivity index (χ1n) is 15.9. The van der Waals surface area contributed by atoms with E-state index in [4.69, 9.17) is 9.47 Å². The lowest BCUT2D eigenvalue weighted by Gasteiger charge is -2.34. The molecule has 2 aromatic heterocycles. The minimum atomic E-state index is -0.387. The van der Waals surface area contributed by atoms with Gasteiger partial charge in [0.05, 0.1) is 23.5 Å². The number of benzene rings is 2. The van der Waals surface area contributed by atoms with Gasteiger partial charge in [0.1, 0.15) is 11.4 Å². The highest BCUT2D eigenvalue weighted by Crippen LogP contribution is 2.38. The predicted octanol–water partition coefficient (Wildman–Crippen LogP) is 4.95. The summed E-state index contributed by atoms with van der Waals surface area (Å²) in [6.45, 7) is 5.71. The number of allylic oxidation sites excluding steroid dienone is 1. The molecule has 2 bridgehead atoms. The van der Waals surface area contributed by atoms with Gasteiger partial charge in [-0.05, 0) is 74.5 Å². The lowest BCUT2D eigenvalue weighted by Crippen LogP contribution is -2.44. The van der Waals surface area contributed by atoms with E-state index in [1.807, 2.05) is 54.3 Å². The number of nitrogens with zero attached hydrogens (tertiary/aromatic N) is 5. The Bertz CT molecular complexity index is 1850. The number of aryl methyl sites for hydroxylation is 1. The highest BCUT2D eigenvalue weighted by molar-refractivity contribution is 6.16. The predicted molar refractivity (Wildman–Crippen MR) is 179 cm³/mol. The van der Waals surface area contributed by atoms with Gasteiger partial charge in [-0.15, -0.1) is 0 Å². The second kappa shape index (κ2) is 11.5. The minimum Gasteiger partial charge on any atom is -0.452 e. The Hall–Kier alpha value is -4.87. The Morgan fingerprint density at radius 1 is 0.913 bits per heavy atom. The summed E-state index contributed by atoms with van der Waals surface area (Å²) in [5.74, 6) is 0.469. The van der Waals surface area contributed by atoms with Gasteiger partial charge in [0.15, 0.2) is 5.76 Å². The molecule has 2 N–H and O–H groups in total. The van der Waals surface area contributed by atoms with Gasteiger partial charge in [-0.2, -0.15) is 0 Å². The fourth-order valence-electron chi connectivity index (χ4n) is 7.03. The van der Waals surface area contributed by atoms with Crippen molar-refractivity contribution in [2.24, 2.45) is 7.05 Å². The van der Waals surface area contributed by atoms with Crippen LogP contribution in [0, 0.1) is 0 Å². The second-order valence-electron chi connectivity index (χ2n) is 12.7. The van der Waals surface area contributed by atoms with E-state index >= 15 is 0 Å². The smallest absolute Gasteiger partial charge is 0.323 e. The van der Waals surface area contributed by atoms with Gasteiger partial charge in [-0.1, -0.05) is 0 Å². The number of aromatic nitrogens is 2. The first-order valence-corrected chi connectivity index (χ1v) is 15.9. The molecule has 0 aliphatic carbocycles. The molecule has 4 aliphatic heterocycles. The number of hydrogen-bond acceptors (Lipinski definition) is 8. The summed E-state index contributed by atoms with van der Waals surface area (Å²) in [4.78, 5) is 38.1. The maximum atomic E-state index is 13.6. The molecule has 2 aromatic carbocycles. The van der Waals surface area contributed by atoms with Crippen molar-refractivity contribution in [3.63, 3.8) is 0 Å². The molecule has 0 radical (unpaired) electrons. The number of rotatable bonds is 5. The van der Waals surface area contributed by atoms with Crippen molar-refractivity contribution in [1.82, 2.24) is 14.5 Å². The Labute approximate surface area is 267 Å². The van der Waals surface area contributed by atoms with E-state index in [0.29, 0.717) is 22.7 Å². The van der Waals surface area contributed by atoms with E-state index in [1.54, 1.807) is 24.3 Å². The van der Waals surface area contributed by atoms with Crippen LogP contribution >= 0.6 is 0 Å². The van der Waals surface area contributed by atoms with E-state index in [-0.39, 0.29) is 29.8 Å². The van der Waals surface area contributed by atoms with Gasteiger partial charge in [-0.3, -0.25) is 4.79 Å². The monoisotopic (exact) mass is 619 g/mol. The average Bonchev–Trinajstić information content (AvgIpc) is 3.68. The number of carbonyl (C=O) groups excluding carboxylic acids is 2. The van der Waals surface area contributed by atoms with Crippen molar-refractivity contribution in [3.8, 4) is 5.75 Å². The molecule has 3 saturated heterocycles. The Kier molecular flexibility index (Phi) is 7.14. The van der Waals surface area contributed by atoms with Crippen molar-refractivity contribution < 1.29 is 19.1 Å². The van der Waals surface area contributed by atoms with Gasteiger partial charge in [0.25, 0.3) is 0 Å². The van der Waals surface area contributed by atoms with Gasteiger partial charge >= 0.3 is 6.03 Å². The van der Waals surface area contributed by atoms with Crippen molar-refractivity contribution in [1.29, 1.82) is 0 Å². The van der Waals surface area contributed by atoms with Gasteiger partial charge in [0.2, 0.25) is 5.78 Å². The molecule has 2 amide bonds. The number of Topliss-reactive ketones (excluding diaryl/α,β-unsaturated/α-hetero) is 1. The fourth-order valence-corrected chi connectivity index (χ4v) is 7.03. The summed E-state index contributed by atoms with van der Waals surface area (Å²) in [5.41, 5.74) is 5.54. The maximum absolute atomic E-state index is 13.6. The molecule has 0 spiro atoms. The van der Waals surface area contributed by atoms with Crippen LogP contribution in [0.4, 0.5) is 27.5 Å². The Balaban J connectivity index is 0.975. The van der Waals surface area contributed by atoms with Crippen LogP contribution in [-0.4, -0.2) is 84.8 Å². The summed E-state index contributed by atoms with van der Waals surface area (Å²) in [7, 11) is 4.10. The van der Waals surface area contributed by atoms with Crippen molar-refractivity contribution in [2.75, 3.05) is 66.7 Å². The summed E-state index contributed by atoms with van der Waals surface area (Å²) >= 11 is 0. The molecule has 4 aromatic rings. The SMILES string of the molecule is CN1CCN(c2ccc(NC(=O)Nc3ccc4c(c3)C(=O)/C(=C/c3cn(C)c5nccc(N6CC7CCC(C6)O7)c35)O4)cc2)CC1. The number of likely N-dealkylation sites (N-methyl/N-ethyl adjacent to an activating group) is 1. The zero-order valence-electron chi connectivity index (χ0n) is 26.0. The van der Waals surface area contributed by atoms with Gasteiger partial charge < -0.3 is 39.4 Å². The average molecular weight is 620 g/mol. The van der Waals surface area contributed by atoms with E-state index in [2.05, 4.69) is 37.4 Å². The Morgan fingerprint density at radius 2 is 1.63 bits per heavy atom. The number of hydrogen-bond donors (Lipinski definition) is 2. The number of urea groups is 1. The summed E-state index contributed by atoms with van der Waals surface area (Å²) in [5, 5.41) is 6.72. The number of ketones is 1. The van der Waals surface area contributed by atoms with Gasteiger partial charge in [0, 0.05) is 86.7 Å². The number of fused-ring (bicyclic) bond motifs is 4. The number of nitrogens with one attached hydrogen (secondary N) is 2. The van der Waals surface area contributed by atoms with Crippen molar-refractivity contribution >= 4 is 51.7 Å². The summed E-state index contributed by atoms with van der Waals surface area (Å²) in [6, 6.07) is 14.6. The third kappa shape index (κ3) is 5.35. The number of carbonyl (C=O) groups is 2. The molecule has 4 aliphatic rings. The first kappa shape index (κ1) is 28.6. The van der Waals surface area contributed by atoms with Crippen LogP contribution in [0.3, 0.4) is 0 Å². The molecule has 8 rings (SSSR count). The van der Waals surface area contributed by atoms with Crippen LogP contribution in [0.25, 0.3) is 17.1 Å². The number of piperazine rings is 1. The number of ether oxygens (including phenoxy) is 2. The molecule has 11 nitrogen and oxygen atoms in total. The molecule has 0 saturated carbocycles. The zero-order chi connectivity index (χ0) is 31.4. The molecule has 2 unspecified atom stereocenters.